The van der Waals surface area contributed by atoms with Gasteiger partial charge >= 0.3 is 5.76 Å². The number of rotatable bonds is 3. The summed E-state index contributed by atoms with van der Waals surface area (Å²) in [7, 11) is 0. The minimum Gasteiger partial charge on any atom is -0.459 e. The second kappa shape index (κ2) is 5.09. The minimum atomic E-state index is -0.619. The van der Waals surface area contributed by atoms with Crippen LogP contribution in [0.3, 0.4) is 0 Å². The molecule has 4 aromatic rings. The molecule has 4 rings (SSSR count). The van der Waals surface area contributed by atoms with Crippen LogP contribution in [0.15, 0.2) is 56.3 Å². The molecule has 0 atom stereocenters. The first-order valence-electron chi connectivity index (χ1n) is 6.83. The molecule has 0 bridgehead atoms. The van der Waals surface area contributed by atoms with E-state index in [1.807, 2.05) is 24.3 Å². The molecule has 0 aliphatic carbocycles. The third-order valence-corrected chi connectivity index (χ3v) is 3.31. The van der Waals surface area contributed by atoms with E-state index in [1.54, 1.807) is 12.1 Å². The average molecular weight is 309 g/mol. The summed E-state index contributed by atoms with van der Waals surface area (Å²) in [4.78, 5) is 20.5. The second-order valence-electron chi connectivity index (χ2n) is 4.85. The summed E-state index contributed by atoms with van der Waals surface area (Å²) in [5, 5.41) is 4.84. The van der Waals surface area contributed by atoms with Gasteiger partial charge in [0.1, 0.15) is 12.4 Å². The fourth-order valence-corrected chi connectivity index (χ4v) is 2.26. The van der Waals surface area contributed by atoms with Gasteiger partial charge in [0, 0.05) is 5.39 Å². The van der Waals surface area contributed by atoms with E-state index >= 15 is 0 Å². The first-order valence-corrected chi connectivity index (χ1v) is 6.83. The monoisotopic (exact) mass is 309 g/mol. The van der Waals surface area contributed by atoms with Gasteiger partial charge < -0.3 is 14.6 Å². The molecule has 0 radical (unpaired) electrons. The van der Waals surface area contributed by atoms with Crippen LogP contribution in [0.2, 0.25) is 0 Å². The number of nitrogens with zero attached hydrogens (tertiary/aromatic N) is 4. The van der Waals surface area contributed by atoms with Crippen molar-refractivity contribution in [3.8, 4) is 11.7 Å². The van der Waals surface area contributed by atoms with Gasteiger partial charge in [0.2, 0.25) is 0 Å². The van der Waals surface area contributed by atoms with E-state index in [0.29, 0.717) is 22.9 Å². The maximum atomic E-state index is 11.9. The van der Waals surface area contributed by atoms with E-state index in [9.17, 15) is 4.79 Å². The first-order chi connectivity index (χ1) is 11.2. The summed E-state index contributed by atoms with van der Waals surface area (Å²) in [6.45, 7) is 0.0536. The van der Waals surface area contributed by atoms with Crippen LogP contribution in [0.25, 0.3) is 22.6 Å². The smallest absolute Gasteiger partial charge is 0.437 e. The van der Waals surface area contributed by atoms with Crippen LogP contribution in [0.5, 0.6) is 0 Å². The minimum absolute atomic E-state index is 0.0536. The van der Waals surface area contributed by atoms with Crippen molar-refractivity contribution >= 4 is 16.7 Å². The zero-order valence-electron chi connectivity index (χ0n) is 11.8. The third kappa shape index (κ3) is 2.35. The lowest BCUT2D eigenvalue weighted by atomic mass is 10.2. The van der Waals surface area contributed by atoms with Crippen LogP contribution in [-0.2, 0) is 6.54 Å². The number of furan rings is 1. The van der Waals surface area contributed by atoms with Gasteiger partial charge in [-0.3, -0.25) is 0 Å². The van der Waals surface area contributed by atoms with Crippen LogP contribution in [-0.4, -0.2) is 19.7 Å². The molecule has 114 valence electrons. The van der Waals surface area contributed by atoms with Crippen molar-refractivity contribution in [2.75, 3.05) is 5.73 Å². The Morgan fingerprint density at radius 2 is 2.00 bits per heavy atom. The lowest BCUT2D eigenvalue weighted by molar-refractivity contribution is 0.474. The molecule has 0 aliphatic heterocycles. The van der Waals surface area contributed by atoms with E-state index in [4.69, 9.17) is 14.6 Å². The number of benzene rings is 1. The largest absolute Gasteiger partial charge is 0.459 e. The number of para-hydroxylation sites is 1. The van der Waals surface area contributed by atoms with Gasteiger partial charge in [-0.25, -0.2) is 14.8 Å². The van der Waals surface area contributed by atoms with Crippen LogP contribution < -0.4 is 11.5 Å². The lowest BCUT2D eigenvalue weighted by Gasteiger charge is -2.04. The molecule has 0 fully saturated rings. The molecule has 3 heterocycles. The van der Waals surface area contributed by atoms with Crippen LogP contribution in [0.4, 0.5) is 5.82 Å². The number of nitrogen functional groups attached to an aromatic ring is 1. The zero-order valence-corrected chi connectivity index (χ0v) is 11.8. The molecule has 8 nitrogen and oxygen atoms in total. The standard InChI is InChI=1S/C15H11N5O3/c16-13-9-4-1-2-5-10(9)17-12(18-13)8-20-15(21)23-14(19-20)11-6-3-7-22-11/h1-7H,8H2,(H2,16,17,18). The summed E-state index contributed by atoms with van der Waals surface area (Å²) < 4.78 is 11.3. The maximum Gasteiger partial charge on any atom is 0.437 e. The fraction of sp³-hybridized carbons (Fsp3) is 0.0667. The quantitative estimate of drug-likeness (QED) is 0.612. The molecule has 0 aliphatic rings. The summed E-state index contributed by atoms with van der Waals surface area (Å²) in [5.41, 5.74) is 6.64. The van der Waals surface area contributed by atoms with E-state index < -0.39 is 5.76 Å². The summed E-state index contributed by atoms with van der Waals surface area (Å²) in [6.07, 6.45) is 1.47. The van der Waals surface area contributed by atoms with Crippen LogP contribution >= 0.6 is 0 Å². The average Bonchev–Trinajstić information content (AvgIpc) is 3.18. The Balaban J connectivity index is 1.72. The first kappa shape index (κ1) is 13.3. The predicted octanol–water partition coefficient (Wildman–Crippen LogP) is 1.67. The second-order valence-corrected chi connectivity index (χ2v) is 4.85. The number of aromatic nitrogens is 4. The molecule has 0 saturated heterocycles. The Kier molecular flexibility index (Phi) is 2.94. The molecule has 0 saturated carbocycles. The van der Waals surface area contributed by atoms with Crippen molar-refractivity contribution in [3.63, 3.8) is 0 Å². The highest BCUT2D eigenvalue weighted by atomic mass is 16.4. The van der Waals surface area contributed by atoms with E-state index in [2.05, 4.69) is 15.1 Å². The topological polar surface area (TPSA) is 113 Å². The number of hydrogen-bond acceptors (Lipinski definition) is 7. The van der Waals surface area contributed by atoms with Crippen molar-refractivity contribution in [1.82, 2.24) is 19.7 Å². The van der Waals surface area contributed by atoms with Gasteiger partial charge in [0.05, 0.1) is 11.8 Å². The maximum absolute atomic E-state index is 11.9. The van der Waals surface area contributed by atoms with Crippen molar-refractivity contribution in [2.45, 2.75) is 6.54 Å². The molecule has 2 N–H and O–H groups in total. The van der Waals surface area contributed by atoms with Gasteiger partial charge in [-0.2, -0.15) is 4.68 Å². The van der Waals surface area contributed by atoms with E-state index in [1.165, 1.54) is 6.26 Å². The third-order valence-electron chi connectivity index (χ3n) is 3.31. The number of hydrogen-bond donors (Lipinski definition) is 1. The number of nitrogens with two attached hydrogens (primary N) is 1. The Morgan fingerprint density at radius 3 is 2.83 bits per heavy atom. The Hall–Kier alpha value is -3.42. The molecule has 8 heteroatoms. The molecule has 23 heavy (non-hydrogen) atoms. The van der Waals surface area contributed by atoms with Gasteiger partial charge in [0.25, 0.3) is 5.89 Å². The Morgan fingerprint density at radius 1 is 1.13 bits per heavy atom. The Labute approximate surface area is 129 Å². The normalized spacial score (nSPS) is 11.1. The van der Waals surface area contributed by atoms with Gasteiger partial charge in [-0.1, -0.05) is 12.1 Å². The molecule has 1 aromatic carbocycles. The van der Waals surface area contributed by atoms with E-state index in [-0.39, 0.29) is 12.4 Å². The number of anilines is 1. The summed E-state index contributed by atoms with van der Waals surface area (Å²) in [5.74, 6) is 0.594. The van der Waals surface area contributed by atoms with Crippen molar-refractivity contribution in [2.24, 2.45) is 0 Å². The molecule has 0 amide bonds. The fourth-order valence-electron chi connectivity index (χ4n) is 2.26. The highest BCUT2D eigenvalue weighted by Gasteiger charge is 2.14. The predicted molar refractivity (Wildman–Crippen MR) is 81.5 cm³/mol. The molecule has 0 unspecified atom stereocenters. The Bertz CT molecular complexity index is 1030. The van der Waals surface area contributed by atoms with Crippen LogP contribution in [0, 0.1) is 0 Å². The van der Waals surface area contributed by atoms with Gasteiger partial charge in [-0.15, -0.1) is 5.10 Å². The van der Waals surface area contributed by atoms with Crippen molar-refractivity contribution in [1.29, 1.82) is 0 Å². The highest BCUT2D eigenvalue weighted by Crippen LogP contribution is 2.18. The SMILES string of the molecule is Nc1nc(Cn2nc(-c3ccco3)oc2=O)nc2ccccc12. The lowest BCUT2D eigenvalue weighted by Crippen LogP contribution is -2.18. The molecule has 3 aromatic heterocycles. The van der Waals surface area contributed by atoms with Crippen molar-refractivity contribution in [3.05, 3.63) is 59.0 Å². The van der Waals surface area contributed by atoms with Crippen molar-refractivity contribution < 1.29 is 8.83 Å². The van der Waals surface area contributed by atoms with Gasteiger partial charge in [0.15, 0.2) is 11.6 Å². The zero-order chi connectivity index (χ0) is 15.8. The summed E-state index contributed by atoms with van der Waals surface area (Å²) >= 11 is 0. The van der Waals surface area contributed by atoms with E-state index in [0.717, 1.165) is 10.1 Å². The number of fused-ring (bicyclic) bond motifs is 1. The molecule has 0 spiro atoms. The molecular formula is C15H11N5O3. The molecular weight excluding hydrogens is 298 g/mol. The summed E-state index contributed by atoms with van der Waals surface area (Å²) in [6, 6.07) is 10.7. The van der Waals surface area contributed by atoms with Gasteiger partial charge in [-0.05, 0) is 24.3 Å². The van der Waals surface area contributed by atoms with Crippen LogP contribution in [0.1, 0.15) is 5.82 Å². The highest BCUT2D eigenvalue weighted by molar-refractivity contribution is 5.87.